The molecule has 0 rings (SSSR count). The molecule has 12 heavy (non-hydrogen) atoms. The molecule has 0 aromatic heterocycles. The summed E-state index contributed by atoms with van der Waals surface area (Å²) in [5, 5.41) is 0. The molecule has 0 aliphatic heterocycles. The average Bonchev–Trinajstić information content (AvgIpc) is 2.04. The van der Waals surface area contributed by atoms with Crippen molar-refractivity contribution < 1.29 is 0 Å². The smallest absolute Gasteiger partial charge is 0.0257 e. The van der Waals surface area contributed by atoms with Crippen molar-refractivity contribution in [3.8, 4) is 0 Å². The molecule has 0 aliphatic carbocycles. The Hall–Kier alpha value is -0.780. The Kier molecular flexibility index (Phi) is 5.44. The summed E-state index contributed by atoms with van der Waals surface area (Å²) < 4.78 is 0. The van der Waals surface area contributed by atoms with Crippen molar-refractivity contribution in [1.82, 2.24) is 0 Å². The molecule has 0 atom stereocenters. The monoisotopic (exact) mass is 164 g/mol. The van der Waals surface area contributed by atoms with Crippen molar-refractivity contribution in [3.63, 3.8) is 0 Å². The molecule has 0 heteroatoms. The third-order valence-corrected chi connectivity index (χ3v) is 2.03. The van der Waals surface area contributed by atoms with Crippen LogP contribution in [0.15, 0.2) is 36.0 Å². The molecule has 0 saturated heterocycles. The zero-order valence-corrected chi connectivity index (χ0v) is 8.72. The average molecular weight is 164 g/mol. The van der Waals surface area contributed by atoms with E-state index >= 15 is 0 Å². The minimum absolute atomic E-state index is 0.656. The van der Waals surface area contributed by atoms with Crippen molar-refractivity contribution in [3.05, 3.63) is 36.0 Å². The molecule has 0 saturated carbocycles. The van der Waals surface area contributed by atoms with Gasteiger partial charge in [0.2, 0.25) is 0 Å². The molecule has 0 aliphatic rings. The zero-order chi connectivity index (χ0) is 9.56. The molecular formula is C12H20. The van der Waals surface area contributed by atoms with Gasteiger partial charge in [-0.25, -0.2) is 0 Å². The molecule has 0 spiro atoms. The van der Waals surface area contributed by atoms with E-state index in [9.17, 15) is 0 Å². The Labute approximate surface area is 76.7 Å². The van der Waals surface area contributed by atoms with E-state index in [1.165, 1.54) is 11.1 Å². The van der Waals surface area contributed by atoms with Gasteiger partial charge in [0.05, 0.1) is 0 Å². The Morgan fingerprint density at radius 2 is 1.92 bits per heavy atom. The molecular weight excluding hydrogens is 144 g/mol. The lowest BCUT2D eigenvalue weighted by Crippen LogP contribution is -1.91. The van der Waals surface area contributed by atoms with Crippen LogP contribution in [0.25, 0.3) is 0 Å². The van der Waals surface area contributed by atoms with Gasteiger partial charge in [-0.2, -0.15) is 0 Å². The van der Waals surface area contributed by atoms with Gasteiger partial charge in [0.25, 0.3) is 0 Å². The van der Waals surface area contributed by atoms with Gasteiger partial charge in [0.15, 0.2) is 0 Å². The summed E-state index contributed by atoms with van der Waals surface area (Å²) in [6, 6.07) is 0. The SMILES string of the molecule is C=CC(C)=CC=C(CC)C(C)C. The third-order valence-electron chi connectivity index (χ3n) is 2.03. The highest BCUT2D eigenvalue weighted by atomic mass is 14.0. The highest BCUT2D eigenvalue weighted by molar-refractivity contribution is 5.23. The first-order valence-corrected chi connectivity index (χ1v) is 4.61. The molecule has 0 N–H and O–H groups in total. The van der Waals surface area contributed by atoms with E-state index in [1.54, 1.807) is 0 Å². The van der Waals surface area contributed by atoms with Gasteiger partial charge in [0.1, 0.15) is 0 Å². The van der Waals surface area contributed by atoms with Crippen LogP contribution in [-0.4, -0.2) is 0 Å². The highest BCUT2D eigenvalue weighted by Crippen LogP contribution is 2.13. The predicted octanol–water partition coefficient (Wildman–Crippen LogP) is 4.11. The van der Waals surface area contributed by atoms with Crippen molar-refractivity contribution >= 4 is 0 Å². The maximum atomic E-state index is 3.71. The van der Waals surface area contributed by atoms with Crippen molar-refractivity contribution in [2.45, 2.75) is 34.1 Å². The van der Waals surface area contributed by atoms with Gasteiger partial charge in [-0.1, -0.05) is 56.7 Å². The maximum Gasteiger partial charge on any atom is -0.0257 e. The molecule has 68 valence electrons. The van der Waals surface area contributed by atoms with Gasteiger partial charge in [-0.3, -0.25) is 0 Å². The second-order valence-electron chi connectivity index (χ2n) is 3.36. The standard InChI is InChI=1S/C12H20/c1-6-11(5)8-9-12(7-2)10(3)4/h6,8-10H,1,7H2,2-5H3. The van der Waals surface area contributed by atoms with E-state index in [0.717, 1.165) is 6.42 Å². The quantitative estimate of drug-likeness (QED) is 0.548. The minimum atomic E-state index is 0.656. The predicted molar refractivity (Wildman–Crippen MR) is 57.2 cm³/mol. The van der Waals surface area contributed by atoms with Gasteiger partial charge >= 0.3 is 0 Å². The van der Waals surface area contributed by atoms with Crippen LogP contribution in [0.4, 0.5) is 0 Å². The Morgan fingerprint density at radius 1 is 1.33 bits per heavy atom. The van der Waals surface area contributed by atoms with Gasteiger partial charge < -0.3 is 0 Å². The molecule has 0 fully saturated rings. The first kappa shape index (κ1) is 11.2. The lowest BCUT2D eigenvalue weighted by atomic mass is 10.00. The molecule has 0 aromatic carbocycles. The Balaban J connectivity index is 4.40. The summed E-state index contributed by atoms with van der Waals surface area (Å²) in [5.74, 6) is 0.656. The summed E-state index contributed by atoms with van der Waals surface area (Å²) in [7, 11) is 0. The molecule has 0 radical (unpaired) electrons. The van der Waals surface area contributed by atoms with Crippen LogP contribution in [0.3, 0.4) is 0 Å². The fourth-order valence-corrected chi connectivity index (χ4v) is 1.03. The first-order valence-electron chi connectivity index (χ1n) is 4.61. The topological polar surface area (TPSA) is 0 Å². The molecule has 0 bridgehead atoms. The van der Waals surface area contributed by atoms with Gasteiger partial charge in [-0.15, -0.1) is 0 Å². The van der Waals surface area contributed by atoms with E-state index in [2.05, 4.69) is 46.4 Å². The maximum absolute atomic E-state index is 3.71. The van der Waals surface area contributed by atoms with Crippen molar-refractivity contribution in [2.24, 2.45) is 5.92 Å². The number of hydrogen-bond donors (Lipinski definition) is 0. The first-order chi connectivity index (χ1) is 5.61. The van der Waals surface area contributed by atoms with Gasteiger partial charge in [-0.05, 0) is 19.3 Å². The largest absolute Gasteiger partial charge is 0.0988 e. The van der Waals surface area contributed by atoms with Crippen LogP contribution in [0.5, 0.6) is 0 Å². The fourth-order valence-electron chi connectivity index (χ4n) is 1.03. The van der Waals surface area contributed by atoms with Crippen LogP contribution < -0.4 is 0 Å². The second-order valence-corrected chi connectivity index (χ2v) is 3.36. The lowest BCUT2D eigenvalue weighted by molar-refractivity contribution is 0.732. The lowest BCUT2D eigenvalue weighted by Gasteiger charge is -2.06. The molecule has 0 unspecified atom stereocenters. The van der Waals surface area contributed by atoms with E-state index < -0.39 is 0 Å². The molecule has 0 aromatic rings. The van der Waals surface area contributed by atoms with Crippen molar-refractivity contribution in [2.75, 3.05) is 0 Å². The zero-order valence-electron chi connectivity index (χ0n) is 8.72. The van der Waals surface area contributed by atoms with Crippen LogP contribution in [0, 0.1) is 5.92 Å². The molecule has 0 nitrogen and oxygen atoms in total. The highest BCUT2D eigenvalue weighted by Gasteiger charge is 1.97. The number of hydrogen-bond acceptors (Lipinski definition) is 0. The van der Waals surface area contributed by atoms with Crippen LogP contribution in [0.2, 0.25) is 0 Å². The summed E-state index contributed by atoms with van der Waals surface area (Å²) in [4.78, 5) is 0. The van der Waals surface area contributed by atoms with E-state index in [4.69, 9.17) is 0 Å². The normalized spacial score (nSPS) is 13.8. The van der Waals surface area contributed by atoms with Crippen molar-refractivity contribution in [1.29, 1.82) is 0 Å². The molecule has 0 heterocycles. The van der Waals surface area contributed by atoms with E-state index in [1.807, 2.05) is 6.08 Å². The summed E-state index contributed by atoms with van der Waals surface area (Å²) >= 11 is 0. The summed E-state index contributed by atoms with van der Waals surface area (Å²) in [5.41, 5.74) is 2.72. The minimum Gasteiger partial charge on any atom is -0.0988 e. The van der Waals surface area contributed by atoms with Gasteiger partial charge in [0, 0.05) is 0 Å². The van der Waals surface area contributed by atoms with E-state index in [0.29, 0.717) is 5.92 Å². The van der Waals surface area contributed by atoms with E-state index in [-0.39, 0.29) is 0 Å². The second kappa shape index (κ2) is 5.82. The summed E-state index contributed by atoms with van der Waals surface area (Å²) in [6.07, 6.45) is 7.36. The Bertz CT molecular complexity index is 192. The van der Waals surface area contributed by atoms with Crippen LogP contribution in [0.1, 0.15) is 34.1 Å². The number of allylic oxidation sites excluding steroid dienone is 5. The van der Waals surface area contributed by atoms with Crippen LogP contribution >= 0.6 is 0 Å². The summed E-state index contributed by atoms with van der Waals surface area (Å²) in [6.45, 7) is 12.4. The third kappa shape index (κ3) is 4.17. The Morgan fingerprint density at radius 3 is 2.25 bits per heavy atom. The molecule has 0 amide bonds. The fraction of sp³-hybridized carbons (Fsp3) is 0.500. The number of rotatable bonds is 4. The van der Waals surface area contributed by atoms with Crippen LogP contribution in [-0.2, 0) is 0 Å².